The Morgan fingerprint density at radius 1 is 0.633 bits per heavy atom. The number of hydrogen-bond donors (Lipinski definition) is 0. The molecule has 30 heavy (non-hydrogen) atoms. The van der Waals surface area contributed by atoms with Crippen molar-refractivity contribution in [3.8, 4) is 0 Å². The van der Waals surface area contributed by atoms with E-state index in [0.29, 0.717) is 11.4 Å². The molecule has 0 aliphatic carbocycles. The first-order chi connectivity index (χ1) is 14.0. The molecule has 160 valence electrons. The molecule has 0 N–H and O–H groups in total. The number of anilines is 2. The SMILES string of the molecule is O=C(N(C/C=C/CN(C(=O)C(Cl)(Cl)Cl)c1ccccc1)c1ccccc1)C(Cl)(Cl)Cl. The first-order valence-corrected chi connectivity index (χ1v) is 10.8. The minimum Gasteiger partial charge on any atom is -0.305 e. The Morgan fingerprint density at radius 3 is 1.20 bits per heavy atom. The standard InChI is InChI=1S/C20H16Cl6N2O2/c21-19(22,23)17(29)27(15-9-3-1-4-10-15)13-7-8-14-28(18(30)20(24,25)26)16-11-5-2-6-12-16/h1-12H,13-14H2/b8-7+. The Morgan fingerprint density at radius 2 is 0.933 bits per heavy atom. The van der Waals surface area contributed by atoms with Crippen molar-refractivity contribution < 1.29 is 9.59 Å². The van der Waals surface area contributed by atoms with E-state index in [-0.39, 0.29) is 13.1 Å². The van der Waals surface area contributed by atoms with Crippen LogP contribution < -0.4 is 9.80 Å². The van der Waals surface area contributed by atoms with Gasteiger partial charge in [0.05, 0.1) is 0 Å². The third kappa shape index (κ3) is 7.23. The molecule has 2 rings (SSSR count). The number of para-hydroxylation sites is 2. The van der Waals surface area contributed by atoms with Crippen LogP contribution in [0.15, 0.2) is 72.8 Å². The highest BCUT2D eigenvalue weighted by Gasteiger charge is 2.36. The summed E-state index contributed by atoms with van der Waals surface area (Å²) in [6, 6.07) is 17.5. The van der Waals surface area contributed by atoms with E-state index >= 15 is 0 Å². The smallest absolute Gasteiger partial charge is 0.279 e. The van der Waals surface area contributed by atoms with Crippen molar-refractivity contribution >= 4 is 92.8 Å². The first kappa shape index (κ1) is 25.1. The van der Waals surface area contributed by atoms with Crippen LogP contribution in [0.25, 0.3) is 0 Å². The van der Waals surface area contributed by atoms with Crippen molar-refractivity contribution in [2.75, 3.05) is 22.9 Å². The molecular weight excluding hydrogens is 513 g/mol. The lowest BCUT2D eigenvalue weighted by Crippen LogP contribution is -2.40. The number of halogens is 6. The fourth-order valence-corrected chi connectivity index (χ4v) is 3.11. The summed E-state index contributed by atoms with van der Waals surface area (Å²) >= 11 is 34.7. The molecule has 2 aromatic carbocycles. The zero-order valence-corrected chi connectivity index (χ0v) is 19.9. The summed E-state index contributed by atoms with van der Waals surface area (Å²) in [4.78, 5) is 27.7. The predicted octanol–water partition coefficient (Wildman–Crippen LogP) is 6.35. The summed E-state index contributed by atoms with van der Waals surface area (Å²) in [6.45, 7) is 0.197. The van der Waals surface area contributed by atoms with Crippen LogP contribution in [0, 0.1) is 0 Å². The number of alkyl halides is 6. The van der Waals surface area contributed by atoms with E-state index in [2.05, 4.69) is 0 Å². The fourth-order valence-electron chi connectivity index (χ4n) is 2.49. The van der Waals surface area contributed by atoms with Gasteiger partial charge in [-0.15, -0.1) is 0 Å². The Hall–Kier alpha value is -1.14. The Bertz CT molecular complexity index is 806. The van der Waals surface area contributed by atoms with Crippen LogP contribution in [-0.2, 0) is 9.59 Å². The molecule has 0 unspecified atom stereocenters. The van der Waals surface area contributed by atoms with Gasteiger partial charge in [0.1, 0.15) is 0 Å². The lowest BCUT2D eigenvalue weighted by molar-refractivity contribution is -0.118. The molecule has 0 fully saturated rings. The average Bonchev–Trinajstić information content (AvgIpc) is 2.70. The van der Waals surface area contributed by atoms with Gasteiger partial charge in [-0.2, -0.15) is 0 Å². The van der Waals surface area contributed by atoms with Gasteiger partial charge in [-0.05, 0) is 24.3 Å². The lowest BCUT2D eigenvalue weighted by atomic mass is 10.2. The van der Waals surface area contributed by atoms with Crippen LogP contribution in [0.5, 0.6) is 0 Å². The van der Waals surface area contributed by atoms with Crippen LogP contribution in [-0.4, -0.2) is 32.5 Å². The lowest BCUT2D eigenvalue weighted by Gasteiger charge is -2.26. The third-order valence-corrected chi connectivity index (χ3v) is 4.82. The quantitative estimate of drug-likeness (QED) is 0.324. The molecule has 0 saturated heterocycles. The Balaban J connectivity index is 2.20. The van der Waals surface area contributed by atoms with E-state index in [4.69, 9.17) is 69.6 Å². The highest BCUT2D eigenvalue weighted by Crippen LogP contribution is 2.32. The van der Waals surface area contributed by atoms with Crippen LogP contribution in [0.1, 0.15) is 0 Å². The van der Waals surface area contributed by atoms with Crippen molar-refractivity contribution in [2.24, 2.45) is 0 Å². The zero-order valence-electron chi connectivity index (χ0n) is 15.3. The summed E-state index contributed by atoms with van der Waals surface area (Å²) < 4.78 is -4.24. The molecular formula is C20H16Cl6N2O2. The molecule has 0 aromatic heterocycles. The second kappa shape index (κ2) is 10.9. The van der Waals surface area contributed by atoms with Gasteiger partial charge in [0.2, 0.25) is 0 Å². The highest BCUT2D eigenvalue weighted by atomic mass is 35.6. The molecule has 0 bridgehead atoms. The van der Waals surface area contributed by atoms with E-state index < -0.39 is 19.4 Å². The molecule has 0 aliphatic heterocycles. The van der Waals surface area contributed by atoms with Gasteiger partial charge < -0.3 is 9.80 Å². The average molecular weight is 529 g/mol. The minimum absolute atomic E-state index is 0.0986. The molecule has 0 spiro atoms. The summed E-state index contributed by atoms with van der Waals surface area (Å²) in [5, 5.41) is 0. The van der Waals surface area contributed by atoms with Crippen molar-refractivity contribution in [1.82, 2.24) is 0 Å². The maximum Gasteiger partial charge on any atom is 0.279 e. The van der Waals surface area contributed by atoms with Crippen LogP contribution in [0.3, 0.4) is 0 Å². The molecule has 2 amide bonds. The molecule has 0 radical (unpaired) electrons. The van der Waals surface area contributed by atoms with E-state index in [1.807, 2.05) is 0 Å². The Labute approximate surface area is 204 Å². The van der Waals surface area contributed by atoms with Crippen LogP contribution >= 0.6 is 69.6 Å². The summed E-state index contributed by atoms with van der Waals surface area (Å²) in [6.07, 6.45) is 3.31. The number of hydrogen-bond acceptors (Lipinski definition) is 2. The largest absolute Gasteiger partial charge is 0.305 e. The van der Waals surface area contributed by atoms with E-state index in [9.17, 15) is 9.59 Å². The fraction of sp³-hybridized carbons (Fsp3) is 0.200. The molecule has 0 aliphatic rings. The molecule has 2 aromatic rings. The highest BCUT2D eigenvalue weighted by molar-refractivity contribution is 6.77. The number of carbonyl (C=O) groups is 2. The normalized spacial score (nSPS) is 12.1. The zero-order chi connectivity index (χ0) is 22.4. The van der Waals surface area contributed by atoms with Gasteiger partial charge in [0.25, 0.3) is 19.4 Å². The number of rotatable bonds is 6. The van der Waals surface area contributed by atoms with E-state index in [1.54, 1.807) is 72.8 Å². The number of nitrogens with zero attached hydrogens (tertiary/aromatic N) is 2. The van der Waals surface area contributed by atoms with Crippen molar-refractivity contribution in [1.29, 1.82) is 0 Å². The van der Waals surface area contributed by atoms with Crippen molar-refractivity contribution in [2.45, 2.75) is 7.59 Å². The Kier molecular flexibility index (Phi) is 9.16. The molecule has 10 heteroatoms. The predicted molar refractivity (Wildman–Crippen MR) is 127 cm³/mol. The van der Waals surface area contributed by atoms with Gasteiger partial charge in [-0.25, -0.2) is 0 Å². The van der Waals surface area contributed by atoms with Gasteiger partial charge in [0, 0.05) is 24.5 Å². The monoisotopic (exact) mass is 526 g/mol. The summed E-state index contributed by atoms with van der Waals surface area (Å²) in [5.74, 6) is -1.42. The summed E-state index contributed by atoms with van der Waals surface area (Å²) in [7, 11) is 0. The van der Waals surface area contributed by atoms with Crippen LogP contribution in [0.4, 0.5) is 11.4 Å². The molecule has 4 nitrogen and oxygen atoms in total. The van der Waals surface area contributed by atoms with Gasteiger partial charge in [0.15, 0.2) is 0 Å². The number of benzene rings is 2. The van der Waals surface area contributed by atoms with E-state index in [1.165, 1.54) is 9.80 Å². The third-order valence-electron chi connectivity index (χ3n) is 3.85. The summed E-state index contributed by atoms with van der Waals surface area (Å²) in [5.41, 5.74) is 1.10. The van der Waals surface area contributed by atoms with Crippen molar-refractivity contribution in [3.63, 3.8) is 0 Å². The number of carbonyl (C=O) groups excluding carboxylic acids is 2. The van der Waals surface area contributed by atoms with Gasteiger partial charge >= 0.3 is 0 Å². The number of amides is 2. The first-order valence-electron chi connectivity index (χ1n) is 8.54. The molecule has 0 saturated carbocycles. The topological polar surface area (TPSA) is 40.6 Å². The second-order valence-corrected chi connectivity index (χ2v) is 10.5. The van der Waals surface area contributed by atoms with Crippen molar-refractivity contribution in [3.05, 3.63) is 72.8 Å². The van der Waals surface area contributed by atoms with E-state index in [0.717, 1.165) is 0 Å². The molecule has 0 heterocycles. The van der Waals surface area contributed by atoms with Gasteiger partial charge in [-0.3, -0.25) is 9.59 Å². The van der Waals surface area contributed by atoms with Gasteiger partial charge in [-0.1, -0.05) is 118 Å². The minimum atomic E-state index is -2.12. The maximum atomic E-state index is 12.5. The molecule has 0 atom stereocenters. The van der Waals surface area contributed by atoms with Crippen LogP contribution in [0.2, 0.25) is 0 Å². The maximum absolute atomic E-state index is 12.5. The second-order valence-electron chi connectivity index (χ2n) is 5.97.